The molecule has 0 radical (unpaired) electrons. The summed E-state index contributed by atoms with van der Waals surface area (Å²) in [5.41, 5.74) is 7.45. The summed E-state index contributed by atoms with van der Waals surface area (Å²) in [5, 5.41) is 4.15. The molecule has 0 spiro atoms. The molecule has 0 atom stereocenters. The van der Waals surface area contributed by atoms with E-state index in [4.69, 9.17) is 9.15 Å². The summed E-state index contributed by atoms with van der Waals surface area (Å²) >= 11 is 0. The Morgan fingerprint density at radius 2 is 1.79 bits per heavy atom. The lowest BCUT2D eigenvalue weighted by atomic mass is 9.95. The van der Waals surface area contributed by atoms with Gasteiger partial charge in [-0.3, -0.25) is 14.7 Å². The molecule has 4 heterocycles. The van der Waals surface area contributed by atoms with E-state index < -0.39 is 0 Å². The van der Waals surface area contributed by atoms with E-state index in [0.29, 0.717) is 18.4 Å². The van der Waals surface area contributed by atoms with E-state index in [-0.39, 0.29) is 17.1 Å². The van der Waals surface area contributed by atoms with Gasteiger partial charge in [-0.1, -0.05) is 13.8 Å². The summed E-state index contributed by atoms with van der Waals surface area (Å²) in [6, 6.07) is 10.4. The third kappa shape index (κ3) is 5.24. The van der Waals surface area contributed by atoms with Crippen LogP contribution in [0.4, 0.5) is 0 Å². The topological polar surface area (TPSA) is 96.3 Å². The van der Waals surface area contributed by atoms with Crippen LogP contribution in [0.3, 0.4) is 0 Å². The normalized spacial score (nSPS) is 14.9. The second-order valence-corrected chi connectivity index (χ2v) is 11.1. The third-order valence-electron chi connectivity index (χ3n) is 7.32. The number of aromatic nitrogens is 3. The zero-order valence-electron chi connectivity index (χ0n) is 23.1. The summed E-state index contributed by atoms with van der Waals surface area (Å²) in [4.78, 5) is 27.9. The number of hydrogen-bond acceptors (Lipinski definition) is 6. The van der Waals surface area contributed by atoms with Gasteiger partial charge in [-0.05, 0) is 69.5 Å². The summed E-state index contributed by atoms with van der Waals surface area (Å²) < 4.78 is 11.2. The number of oxazole rings is 1. The number of pyridine rings is 1. The minimum absolute atomic E-state index is 0.178. The van der Waals surface area contributed by atoms with E-state index in [0.717, 1.165) is 65.4 Å². The van der Waals surface area contributed by atoms with Gasteiger partial charge in [-0.25, -0.2) is 4.98 Å². The SMILES string of the molecule is Cc1cc(-c2[nH]c3ccc(-c4nc(C(=O)NCC(C)(C)N5CCOCC5)co4)cc3c2C(C)C)cc(C)n1. The number of aryl methyl sites for hydroxylation is 2. The molecule has 1 aliphatic heterocycles. The van der Waals surface area contributed by atoms with Gasteiger partial charge >= 0.3 is 0 Å². The minimum atomic E-state index is -0.238. The molecule has 1 aromatic carbocycles. The van der Waals surface area contributed by atoms with E-state index in [9.17, 15) is 4.79 Å². The number of fused-ring (bicyclic) bond motifs is 1. The molecule has 5 rings (SSSR count). The molecule has 1 amide bonds. The molecule has 3 aromatic heterocycles. The number of carbonyl (C=O) groups is 1. The van der Waals surface area contributed by atoms with E-state index in [1.165, 1.54) is 11.8 Å². The Balaban J connectivity index is 1.39. The van der Waals surface area contributed by atoms with Crippen LogP contribution >= 0.6 is 0 Å². The summed E-state index contributed by atoms with van der Waals surface area (Å²) in [6.07, 6.45) is 1.44. The van der Waals surface area contributed by atoms with Crippen molar-refractivity contribution in [3.8, 4) is 22.7 Å². The highest BCUT2D eigenvalue weighted by atomic mass is 16.5. The molecule has 2 N–H and O–H groups in total. The fourth-order valence-electron chi connectivity index (χ4n) is 5.33. The standard InChI is InChI=1S/C30H37N5O3/c1-18(2)26-23-15-21(7-8-24(23)33-27(26)22-13-19(3)32-20(4)14-22)29-34-25(16-38-29)28(36)31-17-30(5,6)35-9-11-37-12-10-35/h7-8,13-16,18,33H,9-12,17H2,1-6H3,(H,31,36). The number of rotatable bonds is 7. The molecule has 1 saturated heterocycles. The molecular weight excluding hydrogens is 478 g/mol. The fraction of sp³-hybridized carbons (Fsp3) is 0.433. The van der Waals surface area contributed by atoms with E-state index in [1.807, 2.05) is 19.9 Å². The molecule has 1 aliphatic rings. The smallest absolute Gasteiger partial charge is 0.273 e. The van der Waals surface area contributed by atoms with Gasteiger partial charge in [0, 0.05) is 58.6 Å². The van der Waals surface area contributed by atoms with Crippen molar-refractivity contribution >= 4 is 16.8 Å². The minimum Gasteiger partial charge on any atom is -0.444 e. The maximum Gasteiger partial charge on any atom is 0.273 e. The zero-order chi connectivity index (χ0) is 27.0. The molecule has 38 heavy (non-hydrogen) atoms. The third-order valence-corrected chi connectivity index (χ3v) is 7.32. The molecule has 8 nitrogen and oxygen atoms in total. The first-order chi connectivity index (χ1) is 18.1. The van der Waals surface area contributed by atoms with Gasteiger partial charge in [-0.2, -0.15) is 0 Å². The summed E-state index contributed by atoms with van der Waals surface area (Å²) in [7, 11) is 0. The molecule has 8 heteroatoms. The molecular formula is C30H37N5O3. The Morgan fingerprint density at radius 1 is 1.08 bits per heavy atom. The number of nitrogens with zero attached hydrogens (tertiary/aromatic N) is 3. The van der Waals surface area contributed by atoms with Crippen LogP contribution in [0.2, 0.25) is 0 Å². The van der Waals surface area contributed by atoms with Gasteiger partial charge in [0.2, 0.25) is 5.89 Å². The van der Waals surface area contributed by atoms with Crippen LogP contribution in [0.25, 0.3) is 33.6 Å². The number of carbonyl (C=O) groups excluding carboxylic acids is 1. The van der Waals surface area contributed by atoms with Crippen molar-refractivity contribution in [2.75, 3.05) is 32.8 Å². The van der Waals surface area contributed by atoms with Crippen LogP contribution in [0.15, 0.2) is 41.0 Å². The van der Waals surface area contributed by atoms with E-state index in [1.54, 1.807) is 0 Å². The number of ether oxygens (including phenoxy) is 1. The predicted molar refractivity (Wildman–Crippen MR) is 149 cm³/mol. The number of hydrogen-bond donors (Lipinski definition) is 2. The Kier molecular flexibility index (Phi) is 7.11. The van der Waals surface area contributed by atoms with Gasteiger partial charge in [0.15, 0.2) is 5.69 Å². The van der Waals surface area contributed by atoms with Crippen molar-refractivity contribution < 1.29 is 13.9 Å². The quantitative estimate of drug-likeness (QED) is 0.339. The van der Waals surface area contributed by atoms with Crippen LogP contribution in [0, 0.1) is 13.8 Å². The Morgan fingerprint density at radius 3 is 2.47 bits per heavy atom. The lowest BCUT2D eigenvalue weighted by Crippen LogP contribution is -2.55. The summed E-state index contributed by atoms with van der Waals surface area (Å²) in [6.45, 7) is 16.4. The highest BCUT2D eigenvalue weighted by Gasteiger charge is 2.29. The Bertz CT molecular complexity index is 1440. The van der Waals surface area contributed by atoms with E-state index in [2.05, 4.69) is 77.1 Å². The molecule has 1 fully saturated rings. The van der Waals surface area contributed by atoms with Gasteiger partial charge in [0.1, 0.15) is 6.26 Å². The number of benzene rings is 1. The Hall–Kier alpha value is -3.49. The van der Waals surface area contributed by atoms with Gasteiger partial charge < -0.3 is 19.5 Å². The average Bonchev–Trinajstić information content (AvgIpc) is 3.52. The predicted octanol–water partition coefficient (Wildman–Crippen LogP) is 5.47. The van der Waals surface area contributed by atoms with Crippen molar-refractivity contribution in [2.24, 2.45) is 0 Å². The zero-order valence-corrected chi connectivity index (χ0v) is 23.1. The highest BCUT2D eigenvalue weighted by Crippen LogP contribution is 2.37. The molecule has 0 unspecified atom stereocenters. The average molecular weight is 516 g/mol. The van der Waals surface area contributed by atoms with Crippen LogP contribution < -0.4 is 5.32 Å². The van der Waals surface area contributed by atoms with Crippen molar-refractivity contribution in [2.45, 2.75) is 53.0 Å². The second-order valence-electron chi connectivity index (χ2n) is 11.1. The van der Waals surface area contributed by atoms with Gasteiger partial charge in [0.05, 0.1) is 18.9 Å². The van der Waals surface area contributed by atoms with E-state index >= 15 is 0 Å². The molecule has 0 bridgehead atoms. The maximum absolute atomic E-state index is 12.9. The number of morpholine rings is 1. The van der Waals surface area contributed by atoms with Crippen LogP contribution in [0.1, 0.15) is 61.1 Å². The van der Waals surface area contributed by atoms with Gasteiger partial charge in [0.25, 0.3) is 5.91 Å². The van der Waals surface area contributed by atoms with Crippen molar-refractivity contribution in [1.29, 1.82) is 0 Å². The fourth-order valence-corrected chi connectivity index (χ4v) is 5.33. The van der Waals surface area contributed by atoms with Crippen LogP contribution in [-0.2, 0) is 4.74 Å². The number of H-pyrrole nitrogens is 1. The van der Waals surface area contributed by atoms with Crippen LogP contribution in [-0.4, -0.2) is 64.1 Å². The number of amides is 1. The van der Waals surface area contributed by atoms with Crippen LogP contribution in [0.5, 0.6) is 0 Å². The number of aromatic amines is 1. The van der Waals surface area contributed by atoms with Crippen molar-refractivity contribution in [1.82, 2.24) is 25.2 Å². The lowest BCUT2D eigenvalue weighted by molar-refractivity contribution is -0.00924. The Labute approximate surface area is 223 Å². The first-order valence-electron chi connectivity index (χ1n) is 13.3. The van der Waals surface area contributed by atoms with Crippen molar-refractivity contribution in [3.05, 3.63) is 59.2 Å². The van der Waals surface area contributed by atoms with Crippen molar-refractivity contribution in [3.63, 3.8) is 0 Å². The monoisotopic (exact) mass is 515 g/mol. The first kappa shape index (κ1) is 26.1. The van der Waals surface area contributed by atoms with Gasteiger partial charge in [-0.15, -0.1) is 0 Å². The largest absolute Gasteiger partial charge is 0.444 e. The molecule has 4 aromatic rings. The summed E-state index contributed by atoms with van der Waals surface area (Å²) in [5.74, 6) is 0.485. The highest BCUT2D eigenvalue weighted by molar-refractivity contribution is 5.95. The first-order valence-corrected chi connectivity index (χ1v) is 13.3. The molecule has 0 saturated carbocycles. The lowest BCUT2D eigenvalue weighted by Gasteiger charge is -2.40. The molecule has 200 valence electrons. The second kappa shape index (κ2) is 10.3. The number of nitrogens with one attached hydrogen (secondary N) is 2. The maximum atomic E-state index is 12.9. The molecule has 0 aliphatic carbocycles.